The third kappa shape index (κ3) is 9.50. The molecule has 1 N–H and O–H groups in total. The summed E-state index contributed by atoms with van der Waals surface area (Å²) in [6, 6.07) is 29.9. The molecule has 4 aromatic carbocycles. The van der Waals surface area contributed by atoms with Gasteiger partial charge in [-0.25, -0.2) is 8.42 Å². The molecule has 0 aliphatic heterocycles. The van der Waals surface area contributed by atoms with Crippen molar-refractivity contribution in [1.82, 2.24) is 10.2 Å². The number of amides is 2. The van der Waals surface area contributed by atoms with Gasteiger partial charge in [0.1, 0.15) is 18.3 Å². The standard InChI is InChI=1S/C40H47N3O5S/c1-4-48-36-22-20-35(21-23-36)43(49(46,47)37-24-18-30(2)19-25-37)29-39(44)42(28-33-15-11-12-31(3)26-33)38(27-32-13-7-5-8-14-32)40(45)41-34-16-9-6-10-17-34/h5,7-8,11-15,18-26,34,38H,4,6,9-10,16-17,27-29H2,1-3H3,(H,41,45)/t38-/m0/s1. The second-order valence-electron chi connectivity index (χ2n) is 12.8. The Balaban J connectivity index is 1.56. The second kappa shape index (κ2) is 16.7. The Morgan fingerprint density at radius 1 is 0.816 bits per heavy atom. The summed E-state index contributed by atoms with van der Waals surface area (Å²) in [4.78, 5) is 30.7. The van der Waals surface area contributed by atoms with Crippen LogP contribution in [0.1, 0.15) is 61.3 Å². The number of ether oxygens (including phenoxy) is 1. The summed E-state index contributed by atoms with van der Waals surface area (Å²) in [6.07, 6.45) is 5.33. The summed E-state index contributed by atoms with van der Waals surface area (Å²) in [6.45, 7) is 5.84. The van der Waals surface area contributed by atoms with E-state index in [-0.39, 0.29) is 29.8 Å². The molecule has 49 heavy (non-hydrogen) atoms. The highest BCUT2D eigenvalue weighted by molar-refractivity contribution is 7.92. The molecule has 5 rings (SSSR count). The minimum atomic E-state index is -4.19. The van der Waals surface area contributed by atoms with Crippen LogP contribution < -0.4 is 14.4 Å². The summed E-state index contributed by atoms with van der Waals surface area (Å²) in [7, 11) is -4.19. The molecule has 1 aliphatic rings. The van der Waals surface area contributed by atoms with Crippen molar-refractivity contribution in [2.45, 2.75) is 82.8 Å². The number of nitrogens with one attached hydrogen (secondary N) is 1. The maximum absolute atomic E-state index is 14.8. The van der Waals surface area contributed by atoms with E-state index in [9.17, 15) is 18.0 Å². The van der Waals surface area contributed by atoms with E-state index >= 15 is 0 Å². The molecule has 0 heterocycles. The maximum atomic E-state index is 14.8. The van der Waals surface area contributed by atoms with Gasteiger partial charge in [0.2, 0.25) is 11.8 Å². The van der Waals surface area contributed by atoms with Gasteiger partial charge < -0.3 is 15.0 Å². The summed E-state index contributed by atoms with van der Waals surface area (Å²) in [5.74, 6) is -0.120. The van der Waals surface area contributed by atoms with Crippen LogP contribution in [-0.4, -0.2) is 50.4 Å². The quantitative estimate of drug-likeness (QED) is 0.155. The monoisotopic (exact) mass is 681 g/mol. The average Bonchev–Trinajstić information content (AvgIpc) is 3.10. The van der Waals surface area contributed by atoms with E-state index in [1.807, 2.05) is 75.4 Å². The van der Waals surface area contributed by atoms with Gasteiger partial charge in [-0.15, -0.1) is 0 Å². The molecule has 2 amide bonds. The highest BCUT2D eigenvalue weighted by Gasteiger charge is 2.35. The van der Waals surface area contributed by atoms with Gasteiger partial charge in [-0.1, -0.05) is 97.1 Å². The number of carbonyl (C=O) groups is 2. The van der Waals surface area contributed by atoms with Crippen molar-refractivity contribution in [1.29, 1.82) is 0 Å². The smallest absolute Gasteiger partial charge is 0.264 e. The molecule has 0 unspecified atom stereocenters. The number of hydrogen-bond donors (Lipinski definition) is 1. The van der Waals surface area contributed by atoms with Crippen LogP contribution in [0.4, 0.5) is 5.69 Å². The summed E-state index contributed by atoms with van der Waals surface area (Å²) in [5, 5.41) is 3.26. The van der Waals surface area contributed by atoms with Gasteiger partial charge in [0.25, 0.3) is 10.0 Å². The first-order chi connectivity index (χ1) is 23.6. The molecule has 258 valence electrons. The van der Waals surface area contributed by atoms with Crippen molar-refractivity contribution in [3.05, 3.63) is 125 Å². The zero-order valence-electron chi connectivity index (χ0n) is 28.7. The van der Waals surface area contributed by atoms with Crippen molar-refractivity contribution in [2.24, 2.45) is 0 Å². The number of aryl methyl sites for hydroxylation is 2. The van der Waals surface area contributed by atoms with Crippen LogP contribution in [0.2, 0.25) is 0 Å². The molecule has 1 aliphatic carbocycles. The molecule has 1 fully saturated rings. The molecular formula is C40H47N3O5S. The number of rotatable bonds is 14. The van der Waals surface area contributed by atoms with Crippen LogP contribution in [-0.2, 0) is 32.6 Å². The molecule has 0 spiro atoms. The molecule has 0 saturated heterocycles. The van der Waals surface area contributed by atoms with E-state index in [2.05, 4.69) is 5.32 Å². The average molecular weight is 682 g/mol. The number of carbonyl (C=O) groups excluding carboxylic acids is 2. The highest BCUT2D eigenvalue weighted by Crippen LogP contribution is 2.28. The van der Waals surface area contributed by atoms with Gasteiger partial charge in [0.05, 0.1) is 17.2 Å². The van der Waals surface area contributed by atoms with Gasteiger partial charge in [0.15, 0.2) is 0 Å². The van der Waals surface area contributed by atoms with E-state index in [1.165, 1.54) is 0 Å². The predicted octanol–water partition coefficient (Wildman–Crippen LogP) is 6.99. The fourth-order valence-corrected chi connectivity index (χ4v) is 7.76. The minimum absolute atomic E-state index is 0.0395. The van der Waals surface area contributed by atoms with Crippen LogP contribution in [0.25, 0.3) is 0 Å². The van der Waals surface area contributed by atoms with Crippen LogP contribution in [0.3, 0.4) is 0 Å². The predicted molar refractivity (Wildman–Crippen MR) is 194 cm³/mol. The Morgan fingerprint density at radius 3 is 2.14 bits per heavy atom. The zero-order chi connectivity index (χ0) is 34.8. The van der Waals surface area contributed by atoms with Crippen LogP contribution in [0, 0.1) is 13.8 Å². The van der Waals surface area contributed by atoms with Crippen LogP contribution in [0.5, 0.6) is 5.75 Å². The number of anilines is 1. The fourth-order valence-electron chi connectivity index (χ4n) is 6.35. The lowest BCUT2D eigenvalue weighted by Gasteiger charge is -2.35. The van der Waals surface area contributed by atoms with E-state index in [4.69, 9.17) is 4.74 Å². The van der Waals surface area contributed by atoms with Gasteiger partial charge in [-0.2, -0.15) is 0 Å². The number of hydrogen-bond acceptors (Lipinski definition) is 5. The second-order valence-corrected chi connectivity index (χ2v) is 14.7. The third-order valence-electron chi connectivity index (χ3n) is 8.98. The Bertz CT molecular complexity index is 1790. The van der Waals surface area contributed by atoms with E-state index in [0.717, 1.165) is 58.7 Å². The molecule has 8 nitrogen and oxygen atoms in total. The van der Waals surface area contributed by atoms with Crippen molar-refractivity contribution >= 4 is 27.5 Å². The SMILES string of the molecule is CCOc1ccc(N(CC(=O)N(Cc2cccc(C)c2)[C@@H](Cc2ccccc2)C(=O)NC2CCCCC2)S(=O)(=O)c2ccc(C)cc2)cc1. The Labute approximate surface area is 291 Å². The first-order valence-corrected chi connectivity index (χ1v) is 18.6. The van der Waals surface area contributed by atoms with Crippen LogP contribution in [0.15, 0.2) is 108 Å². The largest absolute Gasteiger partial charge is 0.494 e. The summed E-state index contributed by atoms with van der Waals surface area (Å²) >= 11 is 0. The van der Waals surface area contributed by atoms with Crippen molar-refractivity contribution < 1.29 is 22.7 Å². The summed E-state index contributed by atoms with van der Waals surface area (Å²) < 4.78 is 35.4. The first-order valence-electron chi connectivity index (χ1n) is 17.2. The molecule has 1 atom stereocenters. The zero-order valence-corrected chi connectivity index (χ0v) is 29.5. The number of nitrogens with zero attached hydrogens (tertiary/aromatic N) is 2. The minimum Gasteiger partial charge on any atom is -0.494 e. The Hall–Kier alpha value is -4.63. The maximum Gasteiger partial charge on any atom is 0.264 e. The topological polar surface area (TPSA) is 96.0 Å². The fraction of sp³-hybridized carbons (Fsp3) is 0.350. The lowest BCUT2D eigenvalue weighted by atomic mass is 9.94. The Morgan fingerprint density at radius 2 is 1.49 bits per heavy atom. The van der Waals surface area contributed by atoms with Crippen LogP contribution >= 0.6 is 0 Å². The van der Waals surface area contributed by atoms with E-state index in [0.29, 0.717) is 18.0 Å². The summed E-state index contributed by atoms with van der Waals surface area (Å²) in [5.41, 5.74) is 4.02. The molecule has 0 radical (unpaired) electrons. The molecule has 0 aromatic heterocycles. The molecule has 9 heteroatoms. The molecule has 4 aromatic rings. The van der Waals surface area contributed by atoms with Gasteiger partial charge in [-0.3, -0.25) is 13.9 Å². The van der Waals surface area contributed by atoms with E-state index in [1.54, 1.807) is 53.4 Å². The molecule has 0 bridgehead atoms. The third-order valence-corrected chi connectivity index (χ3v) is 10.8. The van der Waals surface area contributed by atoms with Crippen molar-refractivity contribution in [2.75, 3.05) is 17.5 Å². The number of benzene rings is 4. The Kier molecular flexibility index (Phi) is 12.1. The van der Waals surface area contributed by atoms with Gasteiger partial charge >= 0.3 is 0 Å². The van der Waals surface area contributed by atoms with Crippen molar-refractivity contribution in [3.8, 4) is 5.75 Å². The highest BCUT2D eigenvalue weighted by atomic mass is 32.2. The van der Waals surface area contributed by atoms with Gasteiger partial charge in [-0.05, 0) is 81.1 Å². The molecular weight excluding hydrogens is 635 g/mol. The normalized spacial score (nSPS) is 14.1. The van der Waals surface area contributed by atoms with Gasteiger partial charge in [0, 0.05) is 19.0 Å². The lowest BCUT2D eigenvalue weighted by molar-refractivity contribution is -0.140. The first kappa shape index (κ1) is 35.7. The van der Waals surface area contributed by atoms with E-state index < -0.39 is 28.5 Å². The lowest BCUT2D eigenvalue weighted by Crippen LogP contribution is -2.55. The number of sulfonamides is 1. The molecule has 1 saturated carbocycles. The van der Waals surface area contributed by atoms with Crippen molar-refractivity contribution in [3.63, 3.8) is 0 Å².